The topological polar surface area (TPSA) is 43.6 Å². The van der Waals surface area contributed by atoms with Gasteiger partial charge in [0.1, 0.15) is 0 Å². The monoisotopic (exact) mass is 266 g/mol. The van der Waals surface area contributed by atoms with Gasteiger partial charge in [-0.1, -0.05) is 65.2 Å². The van der Waals surface area contributed by atoms with Crippen molar-refractivity contribution in [1.82, 2.24) is 20.2 Å². The fourth-order valence-corrected chi connectivity index (χ4v) is 2.50. The zero-order chi connectivity index (χ0) is 13.9. The van der Waals surface area contributed by atoms with E-state index in [2.05, 4.69) is 29.3 Å². The Kier molecular flexibility index (Phi) is 8.43. The van der Waals surface area contributed by atoms with Crippen molar-refractivity contribution in [3.63, 3.8) is 0 Å². The molecule has 0 aliphatic heterocycles. The van der Waals surface area contributed by atoms with E-state index in [1.165, 1.54) is 64.2 Å². The van der Waals surface area contributed by atoms with E-state index < -0.39 is 0 Å². The summed E-state index contributed by atoms with van der Waals surface area (Å²) >= 11 is 0. The van der Waals surface area contributed by atoms with Gasteiger partial charge in [-0.25, -0.2) is 0 Å². The first-order chi connectivity index (χ1) is 9.27. The lowest BCUT2D eigenvalue weighted by Gasteiger charge is -2.12. The Morgan fingerprint density at radius 1 is 0.895 bits per heavy atom. The smallest absolute Gasteiger partial charge is 0.167 e. The molecule has 4 nitrogen and oxygen atoms in total. The SMILES string of the molecule is CCCCCCC(CCCCCC)c1nnn(C)n1. The summed E-state index contributed by atoms with van der Waals surface area (Å²) in [5.74, 6) is 1.47. The number of unbranched alkanes of at least 4 members (excludes halogenated alkanes) is 6. The second-order valence-electron chi connectivity index (χ2n) is 5.53. The van der Waals surface area contributed by atoms with Gasteiger partial charge in [-0.15, -0.1) is 10.2 Å². The number of rotatable bonds is 11. The van der Waals surface area contributed by atoms with Crippen LogP contribution in [0.4, 0.5) is 0 Å². The van der Waals surface area contributed by atoms with Crippen molar-refractivity contribution in [2.24, 2.45) is 7.05 Å². The van der Waals surface area contributed by atoms with Gasteiger partial charge in [0.25, 0.3) is 0 Å². The summed E-state index contributed by atoms with van der Waals surface area (Å²) in [7, 11) is 1.85. The predicted molar refractivity (Wildman–Crippen MR) is 79.1 cm³/mol. The van der Waals surface area contributed by atoms with Crippen LogP contribution in [0.5, 0.6) is 0 Å². The molecule has 0 saturated carbocycles. The summed E-state index contributed by atoms with van der Waals surface area (Å²) in [5, 5.41) is 12.6. The third-order valence-electron chi connectivity index (χ3n) is 3.70. The molecule has 0 spiro atoms. The highest BCUT2D eigenvalue weighted by atomic mass is 15.6. The molecule has 0 aromatic carbocycles. The van der Waals surface area contributed by atoms with Crippen LogP contribution in [0, 0.1) is 0 Å². The van der Waals surface area contributed by atoms with E-state index in [1.807, 2.05) is 7.05 Å². The van der Waals surface area contributed by atoms with Crippen LogP contribution in [-0.4, -0.2) is 20.2 Å². The Hall–Kier alpha value is -0.930. The van der Waals surface area contributed by atoms with Crippen LogP contribution in [0.25, 0.3) is 0 Å². The highest BCUT2D eigenvalue weighted by molar-refractivity contribution is 4.90. The van der Waals surface area contributed by atoms with Gasteiger partial charge in [-0.05, 0) is 18.1 Å². The third kappa shape index (κ3) is 6.69. The minimum atomic E-state index is 0.516. The molecule has 0 aliphatic carbocycles. The molecule has 19 heavy (non-hydrogen) atoms. The molecule has 1 aromatic rings. The molecule has 4 heteroatoms. The summed E-state index contributed by atoms with van der Waals surface area (Å²) in [5.41, 5.74) is 0. The van der Waals surface area contributed by atoms with Crippen molar-refractivity contribution in [1.29, 1.82) is 0 Å². The molecule has 1 heterocycles. The van der Waals surface area contributed by atoms with Gasteiger partial charge < -0.3 is 0 Å². The van der Waals surface area contributed by atoms with E-state index in [9.17, 15) is 0 Å². The van der Waals surface area contributed by atoms with E-state index in [0.717, 1.165) is 5.82 Å². The van der Waals surface area contributed by atoms with E-state index >= 15 is 0 Å². The first-order valence-corrected chi connectivity index (χ1v) is 8.01. The van der Waals surface area contributed by atoms with Gasteiger partial charge >= 0.3 is 0 Å². The Morgan fingerprint density at radius 2 is 1.47 bits per heavy atom. The van der Waals surface area contributed by atoms with E-state index in [4.69, 9.17) is 0 Å². The highest BCUT2D eigenvalue weighted by Crippen LogP contribution is 2.25. The van der Waals surface area contributed by atoms with Gasteiger partial charge in [-0.3, -0.25) is 0 Å². The van der Waals surface area contributed by atoms with Crippen LogP contribution in [-0.2, 0) is 7.05 Å². The Labute approximate surface area is 118 Å². The van der Waals surface area contributed by atoms with Crippen LogP contribution in [0.2, 0.25) is 0 Å². The van der Waals surface area contributed by atoms with Crippen LogP contribution in [0.3, 0.4) is 0 Å². The fourth-order valence-electron chi connectivity index (χ4n) is 2.50. The Bertz CT molecular complexity index is 310. The van der Waals surface area contributed by atoms with E-state index in [0.29, 0.717) is 5.92 Å². The first-order valence-electron chi connectivity index (χ1n) is 8.01. The van der Waals surface area contributed by atoms with Crippen molar-refractivity contribution < 1.29 is 0 Å². The summed E-state index contributed by atoms with van der Waals surface area (Å²) in [6, 6.07) is 0. The van der Waals surface area contributed by atoms with Crippen LogP contribution in [0.1, 0.15) is 89.8 Å². The fraction of sp³-hybridized carbons (Fsp3) is 0.933. The zero-order valence-corrected chi connectivity index (χ0v) is 12.9. The Balaban J connectivity index is 2.38. The molecule has 1 rings (SSSR count). The Morgan fingerprint density at radius 3 is 1.89 bits per heavy atom. The molecule has 0 radical (unpaired) electrons. The second-order valence-corrected chi connectivity index (χ2v) is 5.53. The van der Waals surface area contributed by atoms with Crippen molar-refractivity contribution in [2.75, 3.05) is 0 Å². The van der Waals surface area contributed by atoms with Crippen molar-refractivity contribution in [2.45, 2.75) is 84.0 Å². The first kappa shape index (κ1) is 16.1. The standard InChI is InChI=1S/C15H30N4/c1-4-6-8-10-12-14(13-11-9-7-5-2)15-16-18-19(3)17-15/h14H,4-13H2,1-3H3. The maximum atomic E-state index is 4.40. The van der Waals surface area contributed by atoms with Crippen molar-refractivity contribution in [3.8, 4) is 0 Å². The molecule has 0 amide bonds. The number of nitrogens with zero attached hydrogens (tertiary/aromatic N) is 4. The van der Waals surface area contributed by atoms with Gasteiger partial charge in [0, 0.05) is 5.92 Å². The largest absolute Gasteiger partial charge is 0.177 e. The van der Waals surface area contributed by atoms with Crippen LogP contribution >= 0.6 is 0 Å². The molecule has 0 fully saturated rings. The van der Waals surface area contributed by atoms with Crippen molar-refractivity contribution in [3.05, 3.63) is 5.82 Å². The number of hydrogen-bond acceptors (Lipinski definition) is 3. The maximum Gasteiger partial charge on any atom is 0.177 e. The normalized spacial score (nSPS) is 11.4. The lowest BCUT2D eigenvalue weighted by atomic mass is 9.94. The molecule has 0 atom stereocenters. The molecule has 0 unspecified atom stereocenters. The number of aromatic nitrogens is 4. The average Bonchev–Trinajstić information content (AvgIpc) is 2.83. The maximum absolute atomic E-state index is 4.40. The lowest BCUT2D eigenvalue weighted by Crippen LogP contribution is -2.03. The van der Waals surface area contributed by atoms with Gasteiger partial charge in [0.15, 0.2) is 5.82 Å². The van der Waals surface area contributed by atoms with Crippen molar-refractivity contribution >= 4 is 0 Å². The molecule has 0 saturated heterocycles. The van der Waals surface area contributed by atoms with Crippen LogP contribution < -0.4 is 0 Å². The summed E-state index contributed by atoms with van der Waals surface area (Å²) in [6.07, 6.45) is 13.0. The number of tetrazole rings is 1. The number of aryl methyl sites for hydroxylation is 1. The quantitative estimate of drug-likeness (QED) is 0.563. The molecule has 0 aliphatic rings. The van der Waals surface area contributed by atoms with E-state index in [1.54, 1.807) is 4.80 Å². The molecule has 0 N–H and O–H groups in total. The average molecular weight is 266 g/mol. The molecule has 1 aromatic heterocycles. The molecular weight excluding hydrogens is 236 g/mol. The summed E-state index contributed by atoms with van der Waals surface area (Å²) < 4.78 is 0. The predicted octanol–water partition coefficient (Wildman–Crippen LogP) is 4.23. The van der Waals surface area contributed by atoms with Gasteiger partial charge in [0.05, 0.1) is 7.05 Å². The number of hydrogen-bond donors (Lipinski definition) is 0. The minimum Gasteiger partial charge on any atom is -0.167 e. The second kappa shape index (κ2) is 9.93. The lowest BCUT2D eigenvalue weighted by molar-refractivity contribution is 0.477. The molecule has 0 bridgehead atoms. The molecule has 110 valence electrons. The minimum absolute atomic E-state index is 0.516. The van der Waals surface area contributed by atoms with E-state index in [-0.39, 0.29) is 0 Å². The van der Waals surface area contributed by atoms with Gasteiger partial charge in [0.2, 0.25) is 0 Å². The van der Waals surface area contributed by atoms with Gasteiger partial charge in [-0.2, -0.15) is 4.80 Å². The third-order valence-corrected chi connectivity index (χ3v) is 3.70. The van der Waals surface area contributed by atoms with Crippen LogP contribution in [0.15, 0.2) is 0 Å². The highest BCUT2D eigenvalue weighted by Gasteiger charge is 2.16. The summed E-state index contributed by atoms with van der Waals surface area (Å²) in [4.78, 5) is 1.58. The summed E-state index contributed by atoms with van der Waals surface area (Å²) in [6.45, 7) is 4.51. The zero-order valence-electron chi connectivity index (χ0n) is 12.9. The molecular formula is C15H30N4.